The first-order valence-electron chi connectivity index (χ1n) is 7.82. The van der Waals surface area contributed by atoms with E-state index < -0.39 is 26.3 Å². The van der Waals surface area contributed by atoms with E-state index >= 15 is 0 Å². The van der Waals surface area contributed by atoms with Crippen LogP contribution in [0.15, 0.2) is 40.8 Å². The summed E-state index contributed by atoms with van der Waals surface area (Å²) in [5.41, 5.74) is -1.64. The number of hydrogen-bond acceptors (Lipinski definition) is 5. The van der Waals surface area contributed by atoms with Crippen molar-refractivity contribution >= 4 is 27.8 Å². The van der Waals surface area contributed by atoms with Crippen molar-refractivity contribution in [1.82, 2.24) is 4.31 Å². The molecule has 1 atom stereocenters. The van der Waals surface area contributed by atoms with Crippen molar-refractivity contribution in [3.05, 3.63) is 35.9 Å². The SMILES string of the molecule is CC#CCOc1ccc(S(=O)(=O)N2C=CSC(C)(C)[C@]2(C)C(=O)O)cc1. The van der Waals surface area contributed by atoms with Crippen LogP contribution >= 0.6 is 11.8 Å². The van der Waals surface area contributed by atoms with Crippen molar-refractivity contribution in [3.8, 4) is 17.6 Å². The van der Waals surface area contributed by atoms with Crippen LogP contribution in [-0.4, -0.2) is 40.7 Å². The third-order valence-corrected chi connectivity index (χ3v) is 7.57. The third-order valence-electron chi connectivity index (χ3n) is 4.46. The second kappa shape index (κ2) is 7.25. The van der Waals surface area contributed by atoms with Crippen molar-refractivity contribution in [2.24, 2.45) is 0 Å². The van der Waals surface area contributed by atoms with Gasteiger partial charge in [0.15, 0.2) is 5.54 Å². The van der Waals surface area contributed by atoms with Crippen molar-refractivity contribution in [3.63, 3.8) is 0 Å². The molecule has 0 amide bonds. The molecule has 0 saturated heterocycles. The molecule has 1 heterocycles. The van der Waals surface area contributed by atoms with Gasteiger partial charge >= 0.3 is 5.97 Å². The Morgan fingerprint density at radius 1 is 1.27 bits per heavy atom. The second-order valence-corrected chi connectivity index (χ2v) is 9.62. The second-order valence-electron chi connectivity index (χ2n) is 6.28. The highest BCUT2D eigenvalue weighted by Gasteiger charge is 2.57. The van der Waals surface area contributed by atoms with E-state index in [9.17, 15) is 18.3 Å². The standard InChI is InChI=1S/C18H21NO5S2/c1-5-6-12-24-14-7-9-15(10-8-14)26(22,23)19-11-13-25-17(2,3)18(19,4)16(20)21/h7-11,13H,12H2,1-4H3,(H,20,21)/t18-/m0/s1. The zero-order chi connectivity index (χ0) is 19.6. The average Bonchev–Trinajstić information content (AvgIpc) is 2.57. The lowest BCUT2D eigenvalue weighted by atomic mass is 9.87. The van der Waals surface area contributed by atoms with Crippen LogP contribution in [0.3, 0.4) is 0 Å². The third kappa shape index (κ3) is 3.41. The van der Waals surface area contributed by atoms with Crippen LogP contribution in [0.5, 0.6) is 5.75 Å². The van der Waals surface area contributed by atoms with Gasteiger partial charge in [-0.2, -0.15) is 0 Å². The molecule has 8 heteroatoms. The molecule has 2 rings (SSSR count). The molecule has 1 aromatic rings. The van der Waals surface area contributed by atoms with Crippen LogP contribution in [0.1, 0.15) is 27.7 Å². The maximum absolute atomic E-state index is 13.1. The first-order chi connectivity index (χ1) is 12.1. The summed E-state index contributed by atoms with van der Waals surface area (Å²) in [7, 11) is -4.06. The molecular weight excluding hydrogens is 374 g/mol. The van der Waals surface area contributed by atoms with E-state index in [1.54, 1.807) is 26.2 Å². The summed E-state index contributed by atoms with van der Waals surface area (Å²) in [6.07, 6.45) is 1.31. The lowest BCUT2D eigenvalue weighted by Gasteiger charge is -2.48. The lowest BCUT2D eigenvalue weighted by Crippen LogP contribution is -2.64. The molecule has 6 nitrogen and oxygen atoms in total. The lowest BCUT2D eigenvalue weighted by molar-refractivity contribution is -0.147. The molecule has 0 saturated carbocycles. The predicted molar refractivity (Wildman–Crippen MR) is 101 cm³/mol. The molecule has 0 unspecified atom stereocenters. The van der Waals surface area contributed by atoms with Crippen molar-refractivity contribution < 1.29 is 23.1 Å². The van der Waals surface area contributed by atoms with Gasteiger partial charge in [-0.15, -0.1) is 17.7 Å². The summed E-state index contributed by atoms with van der Waals surface area (Å²) >= 11 is 1.28. The van der Waals surface area contributed by atoms with Crippen molar-refractivity contribution in [2.75, 3.05) is 6.61 Å². The molecule has 0 bridgehead atoms. The van der Waals surface area contributed by atoms with Gasteiger partial charge in [0.2, 0.25) is 0 Å². The summed E-state index contributed by atoms with van der Waals surface area (Å²) in [5, 5.41) is 11.4. The van der Waals surface area contributed by atoms with Gasteiger partial charge in [0.25, 0.3) is 10.0 Å². The van der Waals surface area contributed by atoms with Gasteiger partial charge in [0.1, 0.15) is 12.4 Å². The Bertz CT molecular complexity index is 878. The Hall–Kier alpha value is -2.11. The molecule has 26 heavy (non-hydrogen) atoms. The van der Waals surface area contributed by atoms with E-state index in [2.05, 4.69) is 11.8 Å². The Labute approximate surface area is 158 Å². The number of carboxylic acids is 1. The van der Waals surface area contributed by atoms with Gasteiger partial charge < -0.3 is 9.84 Å². The Morgan fingerprint density at radius 3 is 2.42 bits per heavy atom. The maximum Gasteiger partial charge on any atom is 0.331 e. The number of thioether (sulfide) groups is 1. The number of benzene rings is 1. The fourth-order valence-corrected chi connectivity index (χ4v) is 5.26. The average molecular weight is 396 g/mol. The smallest absolute Gasteiger partial charge is 0.331 e. The Kier molecular flexibility index (Phi) is 5.64. The van der Waals surface area contributed by atoms with E-state index in [1.165, 1.54) is 49.2 Å². The quantitative estimate of drug-likeness (QED) is 0.772. The minimum Gasteiger partial charge on any atom is -0.481 e. The molecule has 1 aliphatic heterocycles. The van der Waals surface area contributed by atoms with Crippen LogP contribution < -0.4 is 4.74 Å². The number of aliphatic carboxylic acids is 1. The van der Waals surface area contributed by atoms with Crippen LogP contribution in [0.25, 0.3) is 0 Å². The van der Waals surface area contributed by atoms with Crippen LogP contribution in [0.2, 0.25) is 0 Å². The molecule has 0 fully saturated rings. The molecule has 0 spiro atoms. The number of carboxylic acid groups (broad SMARTS) is 1. The van der Waals surface area contributed by atoms with Gasteiger partial charge in [0, 0.05) is 10.9 Å². The van der Waals surface area contributed by atoms with Crippen molar-refractivity contribution in [2.45, 2.75) is 42.9 Å². The number of sulfonamides is 1. The van der Waals surface area contributed by atoms with E-state index in [0.29, 0.717) is 5.75 Å². The summed E-state index contributed by atoms with van der Waals surface area (Å²) in [6.45, 7) is 6.75. The number of rotatable bonds is 5. The number of hydrogen-bond donors (Lipinski definition) is 1. The number of ether oxygens (including phenoxy) is 1. The summed E-state index contributed by atoms with van der Waals surface area (Å²) in [6, 6.07) is 5.84. The molecule has 1 aromatic carbocycles. The van der Waals surface area contributed by atoms with Crippen LogP contribution in [0, 0.1) is 11.8 Å². The monoisotopic (exact) mass is 395 g/mol. The van der Waals surface area contributed by atoms with Crippen LogP contribution in [0.4, 0.5) is 0 Å². The fraction of sp³-hybridized carbons (Fsp3) is 0.389. The fourth-order valence-electron chi connectivity index (χ4n) is 2.47. The predicted octanol–water partition coefficient (Wildman–Crippen LogP) is 2.92. The zero-order valence-corrected chi connectivity index (χ0v) is 16.6. The first kappa shape index (κ1) is 20.2. The molecule has 0 radical (unpaired) electrons. The first-order valence-corrected chi connectivity index (χ1v) is 10.1. The van der Waals surface area contributed by atoms with Gasteiger partial charge in [-0.05, 0) is 57.4 Å². The summed E-state index contributed by atoms with van der Waals surface area (Å²) in [5.74, 6) is 4.73. The highest BCUT2D eigenvalue weighted by Crippen LogP contribution is 2.46. The minimum absolute atomic E-state index is 0.00810. The normalized spacial score (nSPS) is 21.6. The summed E-state index contributed by atoms with van der Waals surface area (Å²) in [4.78, 5) is 12.0. The van der Waals surface area contributed by atoms with Gasteiger partial charge in [-0.3, -0.25) is 4.31 Å². The van der Waals surface area contributed by atoms with Gasteiger partial charge in [0.05, 0.1) is 4.90 Å². The Balaban J connectivity index is 2.42. The largest absolute Gasteiger partial charge is 0.481 e. The maximum atomic E-state index is 13.1. The molecule has 140 valence electrons. The minimum atomic E-state index is -4.06. The van der Waals surface area contributed by atoms with E-state index in [4.69, 9.17) is 4.74 Å². The highest BCUT2D eigenvalue weighted by molar-refractivity contribution is 8.03. The Morgan fingerprint density at radius 2 is 1.88 bits per heavy atom. The van der Waals surface area contributed by atoms with Gasteiger partial charge in [-0.1, -0.05) is 5.92 Å². The molecule has 1 aliphatic rings. The molecule has 1 N–H and O–H groups in total. The zero-order valence-electron chi connectivity index (χ0n) is 15.0. The topological polar surface area (TPSA) is 83.9 Å². The molecule has 0 aromatic heterocycles. The van der Waals surface area contributed by atoms with Crippen LogP contribution in [-0.2, 0) is 14.8 Å². The van der Waals surface area contributed by atoms with Gasteiger partial charge in [-0.25, -0.2) is 13.2 Å². The highest BCUT2D eigenvalue weighted by atomic mass is 32.2. The number of carbonyl (C=O) groups is 1. The van der Waals surface area contributed by atoms with Crippen molar-refractivity contribution in [1.29, 1.82) is 0 Å². The van der Waals surface area contributed by atoms with E-state index in [-0.39, 0.29) is 11.5 Å². The van der Waals surface area contributed by atoms with E-state index in [0.717, 1.165) is 4.31 Å². The summed E-state index contributed by atoms with van der Waals surface area (Å²) < 4.78 is 31.7. The number of nitrogens with zero attached hydrogens (tertiary/aromatic N) is 1. The molecule has 0 aliphatic carbocycles. The molecular formula is C18H21NO5S2. The van der Waals surface area contributed by atoms with E-state index in [1.807, 2.05) is 0 Å².